The van der Waals surface area contributed by atoms with Crippen molar-refractivity contribution in [2.24, 2.45) is 11.7 Å². The molecule has 0 saturated heterocycles. The van der Waals surface area contributed by atoms with E-state index in [2.05, 4.69) is 5.32 Å². The molecule has 1 aromatic rings. The second-order valence-electron chi connectivity index (χ2n) is 4.80. The molecule has 0 aromatic heterocycles. The van der Waals surface area contributed by atoms with Crippen molar-refractivity contribution in [2.45, 2.75) is 25.7 Å². The van der Waals surface area contributed by atoms with Crippen molar-refractivity contribution in [3.63, 3.8) is 0 Å². The molecule has 4 nitrogen and oxygen atoms in total. The number of halogens is 1. The number of benzene rings is 1. The Morgan fingerprint density at radius 3 is 2.72 bits per heavy atom. The van der Waals surface area contributed by atoms with Crippen LogP contribution in [0.15, 0.2) is 12.1 Å². The number of carbonyl (C=O) groups excluding carboxylic acids is 1. The van der Waals surface area contributed by atoms with E-state index in [0.717, 1.165) is 18.9 Å². The Kier molecular flexibility index (Phi) is 3.97. The number of nitrogen functional groups attached to an aromatic ring is 1. The van der Waals surface area contributed by atoms with Gasteiger partial charge in [0, 0.05) is 12.2 Å². The molecule has 0 bridgehead atoms. The van der Waals surface area contributed by atoms with Crippen molar-refractivity contribution >= 4 is 28.9 Å². The minimum atomic E-state index is -0.518. The van der Waals surface area contributed by atoms with Crippen molar-refractivity contribution < 1.29 is 4.79 Å². The number of nitrogens with two attached hydrogens (primary N) is 2. The van der Waals surface area contributed by atoms with Crippen LogP contribution < -0.4 is 16.8 Å². The molecule has 0 spiro atoms. The Morgan fingerprint density at radius 2 is 2.17 bits per heavy atom. The fourth-order valence-corrected chi connectivity index (χ4v) is 2.48. The molecule has 0 unspecified atom stereocenters. The summed E-state index contributed by atoms with van der Waals surface area (Å²) in [4.78, 5) is 11.4. The molecule has 18 heavy (non-hydrogen) atoms. The van der Waals surface area contributed by atoms with Crippen LogP contribution in [0.3, 0.4) is 0 Å². The lowest BCUT2D eigenvalue weighted by Crippen LogP contribution is -2.19. The van der Waals surface area contributed by atoms with Crippen LogP contribution in [0.2, 0.25) is 5.02 Å². The maximum atomic E-state index is 11.4. The molecule has 2 rings (SSSR count). The predicted octanol–water partition coefficient (Wildman–Crippen LogP) is 2.62. The Hall–Kier alpha value is -1.42. The van der Waals surface area contributed by atoms with Gasteiger partial charge in [0.1, 0.15) is 0 Å². The van der Waals surface area contributed by atoms with Gasteiger partial charge in [-0.1, -0.05) is 30.9 Å². The lowest BCUT2D eigenvalue weighted by Gasteiger charge is -2.25. The van der Waals surface area contributed by atoms with Crippen LogP contribution in [0.5, 0.6) is 0 Å². The van der Waals surface area contributed by atoms with E-state index in [1.165, 1.54) is 19.3 Å². The molecule has 0 radical (unpaired) electrons. The van der Waals surface area contributed by atoms with Crippen LogP contribution in [0.1, 0.15) is 36.0 Å². The van der Waals surface area contributed by atoms with Crippen molar-refractivity contribution in [3.8, 4) is 0 Å². The first-order valence-corrected chi connectivity index (χ1v) is 6.58. The molecule has 5 N–H and O–H groups in total. The second kappa shape index (κ2) is 5.48. The molecule has 0 aliphatic heterocycles. The molecule has 1 aliphatic carbocycles. The first-order chi connectivity index (χ1) is 8.58. The second-order valence-corrected chi connectivity index (χ2v) is 5.21. The van der Waals surface area contributed by atoms with Crippen LogP contribution in [0, 0.1) is 5.92 Å². The summed E-state index contributed by atoms with van der Waals surface area (Å²) < 4.78 is 0. The van der Waals surface area contributed by atoms with E-state index in [1.54, 1.807) is 12.1 Å². The minimum Gasteiger partial charge on any atom is -0.399 e. The average Bonchev–Trinajstić information content (AvgIpc) is 2.23. The van der Waals surface area contributed by atoms with E-state index in [-0.39, 0.29) is 0 Å². The first-order valence-electron chi connectivity index (χ1n) is 6.20. The minimum absolute atomic E-state index is 0.355. The number of carbonyl (C=O) groups is 1. The number of hydrogen-bond donors (Lipinski definition) is 3. The van der Waals surface area contributed by atoms with E-state index in [9.17, 15) is 4.79 Å². The van der Waals surface area contributed by atoms with E-state index in [0.29, 0.717) is 22.0 Å². The Morgan fingerprint density at radius 1 is 1.44 bits per heavy atom. The normalized spacial score (nSPS) is 15.2. The van der Waals surface area contributed by atoms with Gasteiger partial charge in [-0.25, -0.2) is 0 Å². The number of hydrogen-bond acceptors (Lipinski definition) is 3. The van der Waals surface area contributed by atoms with Crippen molar-refractivity contribution in [1.82, 2.24) is 0 Å². The molecule has 5 heteroatoms. The highest BCUT2D eigenvalue weighted by molar-refractivity contribution is 6.34. The summed E-state index contributed by atoms with van der Waals surface area (Å²) in [5, 5.41) is 3.64. The topological polar surface area (TPSA) is 81.1 Å². The summed E-state index contributed by atoms with van der Waals surface area (Å²) in [5.74, 6) is 0.289. The summed E-state index contributed by atoms with van der Waals surface area (Å²) in [7, 11) is 0. The maximum absolute atomic E-state index is 11.4. The average molecular weight is 268 g/mol. The van der Waals surface area contributed by atoms with Crippen LogP contribution in [-0.4, -0.2) is 12.5 Å². The summed E-state index contributed by atoms with van der Waals surface area (Å²) in [5.41, 5.74) is 12.4. The fourth-order valence-electron chi connectivity index (χ4n) is 2.18. The smallest absolute Gasteiger partial charge is 0.250 e. The van der Waals surface area contributed by atoms with Crippen molar-refractivity contribution in [3.05, 3.63) is 22.7 Å². The molecular formula is C13H18ClN3O. The van der Waals surface area contributed by atoms with Crippen LogP contribution in [-0.2, 0) is 0 Å². The van der Waals surface area contributed by atoms with E-state index in [4.69, 9.17) is 23.1 Å². The van der Waals surface area contributed by atoms with Gasteiger partial charge in [0.2, 0.25) is 0 Å². The third-order valence-corrected chi connectivity index (χ3v) is 3.76. The van der Waals surface area contributed by atoms with Gasteiger partial charge < -0.3 is 16.8 Å². The van der Waals surface area contributed by atoms with Crippen molar-refractivity contribution in [2.75, 3.05) is 17.6 Å². The van der Waals surface area contributed by atoms with Gasteiger partial charge in [-0.2, -0.15) is 0 Å². The fraction of sp³-hybridized carbons (Fsp3) is 0.462. The SMILES string of the molecule is NC(=O)c1cc(N)cc(Cl)c1NCCC1CCC1. The number of anilines is 2. The lowest BCUT2D eigenvalue weighted by molar-refractivity contribution is 0.100. The first kappa shape index (κ1) is 13.0. The highest BCUT2D eigenvalue weighted by atomic mass is 35.5. The van der Waals surface area contributed by atoms with Gasteiger partial charge >= 0.3 is 0 Å². The maximum Gasteiger partial charge on any atom is 0.250 e. The molecule has 1 amide bonds. The van der Waals surface area contributed by atoms with Gasteiger partial charge in [-0.05, 0) is 24.5 Å². The number of amides is 1. The van der Waals surface area contributed by atoms with Gasteiger partial charge in [-0.15, -0.1) is 0 Å². The summed E-state index contributed by atoms with van der Waals surface area (Å²) in [6.07, 6.45) is 5.04. The number of primary amides is 1. The predicted molar refractivity (Wildman–Crippen MR) is 74.8 cm³/mol. The molecular weight excluding hydrogens is 250 g/mol. The van der Waals surface area contributed by atoms with Crippen LogP contribution in [0.25, 0.3) is 0 Å². The molecule has 1 aromatic carbocycles. The van der Waals surface area contributed by atoms with Gasteiger partial charge in [0.15, 0.2) is 0 Å². The molecule has 0 heterocycles. The Labute approximate surface area is 112 Å². The third-order valence-electron chi connectivity index (χ3n) is 3.46. The van der Waals surface area contributed by atoms with E-state index < -0.39 is 5.91 Å². The van der Waals surface area contributed by atoms with Crippen LogP contribution in [0.4, 0.5) is 11.4 Å². The van der Waals surface area contributed by atoms with Crippen LogP contribution >= 0.6 is 11.6 Å². The lowest BCUT2D eigenvalue weighted by atomic mass is 9.83. The zero-order valence-electron chi connectivity index (χ0n) is 10.2. The van der Waals surface area contributed by atoms with Gasteiger partial charge in [0.25, 0.3) is 5.91 Å². The van der Waals surface area contributed by atoms with Gasteiger partial charge in [-0.3, -0.25) is 4.79 Å². The summed E-state index contributed by atoms with van der Waals surface area (Å²) in [6, 6.07) is 3.18. The van der Waals surface area contributed by atoms with E-state index >= 15 is 0 Å². The molecule has 98 valence electrons. The highest BCUT2D eigenvalue weighted by Crippen LogP contribution is 2.31. The Balaban J connectivity index is 2.07. The molecule has 1 saturated carbocycles. The number of rotatable bonds is 5. The Bertz CT molecular complexity index is 458. The molecule has 1 fully saturated rings. The summed E-state index contributed by atoms with van der Waals surface area (Å²) in [6.45, 7) is 0.800. The quantitative estimate of drug-likeness (QED) is 0.718. The largest absolute Gasteiger partial charge is 0.399 e. The van der Waals surface area contributed by atoms with E-state index in [1.807, 2.05) is 0 Å². The molecule has 0 atom stereocenters. The third kappa shape index (κ3) is 2.88. The van der Waals surface area contributed by atoms with Gasteiger partial charge in [0.05, 0.1) is 16.3 Å². The van der Waals surface area contributed by atoms with Crippen molar-refractivity contribution in [1.29, 1.82) is 0 Å². The number of nitrogens with one attached hydrogen (secondary N) is 1. The zero-order chi connectivity index (χ0) is 13.1. The highest BCUT2D eigenvalue weighted by Gasteiger charge is 2.18. The standard InChI is InChI=1S/C13H18ClN3O/c14-11-7-9(15)6-10(13(16)18)12(11)17-5-4-8-2-1-3-8/h6-8,17H,1-5,15H2,(H2,16,18). The monoisotopic (exact) mass is 267 g/mol. The zero-order valence-corrected chi connectivity index (χ0v) is 11.0. The molecule has 1 aliphatic rings. The summed E-state index contributed by atoms with van der Waals surface area (Å²) >= 11 is 6.09.